The molecule has 0 amide bonds. The molecule has 0 fully saturated rings. The fraction of sp³-hybridized carbons (Fsp3) is 0.0179. The van der Waals surface area contributed by atoms with Crippen LogP contribution in [0, 0.1) is 0 Å². The summed E-state index contributed by atoms with van der Waals surface area (Å²) in [4.78, 5) is 15.2. The highest BCUT2D eigenvalue weighted by Crippen LogP contribution is 2.61. The van der Waals surface area contributed by atoms with Gasteiger partial charge in [-0.05, 0) is 85.6 Å². The van der Waals surface area contributed by atoms with Gasteiger partial charge in [-0.1, -0.05) is 176 Å². The molecule has 11 aromatic rings. The van der Waals surface area contributed by atoms with Crippen LogP contribution in [-0.4, -0.2) is 19.5 Å². The lowest BCUT2D eigenvalue weighted by Gasteiger charge is -2.39. The summed E-state index contributed by atoms with van der Waals surface area (Å²) in [5.41, 5.74) is 16.2. The number of benzene rings is 9. The second-order valence-electron chi connectivity index (χ2n) is 15.9. The Labute approximate surface area is 346 Å². The van der Waals surface area contributed by atoms with Crippen molar-refractivity contribution in [2.45, 2.75) is 5.41 Å². The van der Waals surface area contributed by atoms with E-state index in [1.54, 1.807) is 0 Å². The van der Waals surface area contributed by atoms with E-state index in [0.29, 0.717) is 17.5 Å². The molecule has 4 heteroatoms. The number of fused-ring (bicyclic) bond motifs is 13. The van der Waals surface area contributed by atoms with Gasteiger partial charge in [0.05, 0.1) is 22.1 Å². The summed E-state index contributed by atoms with van der Waals surface area (Å²) >= 11 is 0. The number of hydrogen-bond acceptors (Lipinski definition) is 3. The Kier molecular flexibility index (Phi) is 6.90. The number of hydrogen-bond donors (Lipinski definition) is 0. The zero-order valence-corrected chi connectivity index (χ0v) is 32.4. The monoisotopic (exact) mass is 762 g/mol. The minimum Gasteiger partial charge on any atom is -0.309 e. The van der Waals surface area contributed by atoms with Crippen LogP contribution in [0.25, 0.3) is 94.7 Å². The van der Waals surface area contributed by atoms with Gasteiger partial charge in [-0.15, -0.1) is 0 Å². The first-order chi connectivity index (χ1) is 29.7. The lowest BCUT2D eigenvalue weighted by Crippen LogP contribution is -2.33. The molecule has 2 aliphatic rings. The average molecular weight is 763 g/mol. The molecule has 0 saturated carbocycles. The van der Waals surface area contributed by atoms with E-state index in [4.69, 9.17) is 15.0 Å². The minimum atomic E-state index is -0.500. The normalized spacial score (nSPS) is 13.1. The Morgan fingerprint density at radius 1 is 0.333 bits per heavy atom. The SMILES string of the molecule is c1ccc(-c2nc(-c3ccc(-c4cc5c6c(c4)c4ccccc4n6-c4ccccc4C54c5ccccc5-c5ccccc54)cc3)nc(-c3ccc4ccccc4c3)n2)cc1. The van der Waals surface area contributed by atoms with Crippen molar-refractivity contribution in [3.05, 3.63) is 229 Å². The number of nitrogens with zero attached hydrogens (tertiary/aromatic N) is 4. The Morgan fingerprint density at radius 3 is 1.63 bits per heavy atom. The fourth-order valence-electron chi connectivity index (χ4n) is 10.2. The molecular weight excluding hydrogens is 729 g/mol. The first-order valence-electron chi connectivity index (χ1n) is 20.5. The number of rotatable bonds is 4. The van der Waals surface area contributed by atoms with Crippen molar-refractivity contribution in [1.29, 1.82) is 0 Å². The molecule has 0 N–H and O–H groups in total. The molecule has 60 heavy (non-hydrogen) atoms. The van der Waals surface area contributed by atoms with Gasteiger partial charge in [0.15, 0.2) is 17.5 Å². The van der Waals surface area contributed by atoms with Crippen molar-refractivity contribution >= 4 is 32.6 Å². The quantitative estimate of drug-likeness (QED) is 0.179. The molecule has 1 spiro atoms. The molecular formula is C56H34N4. The van der Waals surface area contributed by atoms with Gasteiger partial charge in [-0.25, -0.2) is 15.0 Å². The van der Waals surface area contributed by atoms with E-state index in [0.717, 1.165) is 27.6 Å². The maximum atomic E-state index is 5.11. The highest BCUT2D eigenvalue weighted by atomic mass is 15.0. The minimum absolute atomic E-state index is 0.500. The summed E-state index contributed by atoms with van der Waals surface area (Å²) in [6, 6.07) is 74.6. The third kappa shape index (κ3) is 4.59. The van der Waals surface area contributed by atoms with Gasteiger partial charge in [0.2, 0.25) is 0 Å². The molecule has 4 nitrogen and oxygen atoms in total. The van der Waals surface area contributed by atoms with E-state index in [9.17, 15) is 0 Å². The molecule has 0 unspecified atom stereocenters. The highest BCUT2D eigenvalue weighted by Gasteiger charge is 2.50. The maximum absolute atomic E-state index is 5.11. The van der Waals surface area contributed by atoms with Crippen LogP contribution < -0.4 is 0 Å². The lowest BCUT2D eigenvalue weighted by atomic mass is 9.65. The summed E-state index contributed by atoms with van der Waals surface area (Å²) in [6.07, 6.45) is 0. The largest absolute Gasteiger partial charge is 0.309 e. The third-order valence-electron chi connectivity index (χ3n) is 12.8. The molecule has 1 aliphatic carbocycles. The van der Waals surface area contributed by atoms with E-state index in [-0.39, 0.29) is 0 Å². The topological polar surface area (TPSA) is 43.6 Å². The molecule has 0 atom stereocenters. The zero-order chi connectivity index (χ0) is 39.4. The van der Waals surface area contributed by atoms with Gasteiger partial charge >= 0.3 is 0 Å². The predicted octanol–water partition coefficient (Wildman–Crippen LogP) is 13.5. The zero-order valence-electron chi connectivity index (χ0n) is 32.4. The molecule has 9 aromatic carbocycles. The van der Waals surface area contributed by atoms with Crippen LogP contribution in [0.5, 0.6) is 0 Å². The summed E-state index contributed by atoms with van der Waals surface area (Å²) in [5, 5.41) is 4.83. The molecule has 0 bridgehead atoms. The Bertz CT molecular complexity index is 3500. The van der Waals surface area contributed by atoms with E-state index in [1.165, 1.54) is 71.8 Å². The number of aromatic nitrogens is 4. The van der Waals surface area contributed by atoms with Gasteiger partial charge in [-0.3, -0.25) is 0 Å². The highest BCUT2D eigenvalue weighted by molar-refractivity contribution is 6.14. The molecule has 0 saturated heterocycles. The van der Waals surface area contributed by atoms with E-state index < -0.39 is 5.41 Å². The summed E-state index contributed by atoms with van der Waals surface area (Å²) in [6.45, 7) is 0. The fourth-order valence-corrected chi connectivity index (χ4v) is 10.2. The van der Waals surface area contributed by atoms with Crippen LogP contribution in [0.15, 0.2) is 206 Å². The van der Waals surface area contributed by atoms with Crippen LogP contribution in [0.2, 0.25) is 0 Å². The predicted molar refractivity (Wildman–Crippen MR) is 244 cm³/mol. The van der Waals surface area contributed by atoms with Crippen molar-refractivity contribution in [2.75, 3.05) is 0 Å². The smallest absolute Gasteiger partial charge is 0.164 e. The molecule has 13 rings (SSSR count). The van der Waals surface area contributed by atoms with Gasteiger partial charge in [0.1, 0.15) is 0 Å². The van der Waals surface area contributed by atoms with Gasteiger partial charge in [0.25, 0.3) is 0 Å². The van der Waals surface area contributed by atoms with Crippen molar-refractivity contribution in [3.8, 4) is 62.1 Å². The average Bonchev–Trinajstić information content (AvgIpc) is 3.82. The summed E-state index contributed by atoms with van der Waals surface area (Å²) in [7, 11) is 0. The molecule has 278 valence electrons. The van der Waals surface area contributed by atoms with Gasteiger partial charge in [-0.2, -0.15) is 0 Å². The van der Waals surface area contributed by atoms with Crippen LogP contribution in [0.4, 0.5) is 0 Å². The van der Waals surface area contributed by atoms with Gasteiger partial charge in [0, 0.05) is 27.5 Å². The molecule has 1 aliphatic heterocycles. The second kappa shape index (κ2) is 12.5. The maximum Gasteiger partial charge on any atom is 0.164 e. The lowest BCUT2D eigenvalue weighted by molar-refractivity contribution is 0.749. The van der Waals surface area contributed by atoms with Crippen molar-refractivity contribution < 1.29 is 0 Å². The third-order valence-corrected chi connectivity index (χ3v) is 12.8. The Hall–Kier alpha value is -7.95. The standard InChI is InChI=1S/C56H34N4/c1-2-15-37(16-3-1)53-57-54(59-55(58-53)40-31-28-35-14-4-5-17-39(35)32-40)38-29-26-36(27-30-38)41-33-45-44-20-8-12-24-50(44)60-51-25-13-11-23-48(51)56(49(34-41)52(45)60)46-21-9-6-18-42(46)43-19-7-10-22-47(43)56/h1-34H. The second-order valence-corrected chi connectivity index (χ2v) is 15.9. The first kappa shape index (κ1) is 33.1. The van der Waals surface area contributed by atoms with Crippen LogP contribution in [0.3, 0.4) is 0 Å². The summed E-state index contributed by atoms with van der Waals surface area (Å²) in [5.74, 6) is 1.94. The Balaban J connectivity index is 1.02. The van der Waals surface area contributed by atoms with Crippen molar-refractivity contribution in [2.24, 2.45) is 0 Å². The van der Waals surface area contributed by atoms with E-state index in [1.807, 2.05) is 18.2 Å². The van der Waals surface area contributed by atoms with E-state index in [2.05, 4.69) is 193 Å². The molecule has 2 aromatic heterocycles. The van der Waals surface area contributed by atoms with Crippen LogP contribution >= 0.6 is 0 Å². The van der Waals surface area contributed by atoms with Crippen molar-refractivity contribution in [3.63, 3.8) is 0 Å². The molecule has 3 heterocycles. The van der Waals surface area contributed by atoms with Crippen molar-refractivity contribution in [1.82, 2.24) is 19.5 Å². The van der Waals surface area contributed by atoms with Crippen LogP contribution in [-0.2, 0) is 5.41 Å². The first-order valence-corrected chi connectivity index (χ1v) is 20.5. The summed E-state index contributed by atoms with van der Waals surface area (Å²) < 4.78 is 2.51. The van der Waals surface area contributed by atoms with Crippen LogP contribution in [0.1, 0.15) is 22.3 Å². The molecule has 0 radical (unpaired) electrons. The Morgan fingerprint density at radius 2 is 0.883 bits per heavy atom. The van der Waals surface area contributed by atoms with Gasteiger partial charge < -0.3 is 4.57 Å². The number of para-hydroxylation sites is 2. The van der Waals surface area contributed by atoms with E-state index >= 15 is 0 Å².